The monoisotopic (exact) mass is 395 g/mol. The Morgan fingerprint density at radius 1 is 1.21 bits per heavy atom. The average Bonchev–Trinajstić information content (AvgIpc) is 3.13. The summed E-state index contributed by atoms with van der Waals surface area (Å²) >= 11 is 0. The molecule has 1 atom stereocenters. The summed E-state index contributed by atoms with van der Waals surface area (Å²) in [6, 6.07) is 14.1. The fourth-order valence-corrected chi connectivity index (χ4v) is 4.07. The lowest BCUT2D eigenvalue weighted by Gasteiger charge is -2.21. The Hall–Kier alpha value is -2.26. The predicted molar refractivity (Wildman–Crippen MR) is 118 cm³/mol. The fraction of sp³-hybridized carbons (Fsp3) is 0.385. The van der Waals surface area contributed by atoms with Crippen molar-refractivity contribution in [3.05, 3.63) is 89.5 Å². The van der Waals surface area contributed by atoms with Crippen LogP contribution in [0.3, 0.4) is 0 Å². The molecule has 2 aromatic carbocycles. The second kappa shape index (κ2) is 9.04. The van der Waals surface area contributed by atoms with E-state index in [4.69, 9.17) is 0 Å². The van der Waals surface area contributed by atoms with Crippen molar-refractivity contribution in [1.82, 2.24) is 4.90 Å². The van der Waals surface area contributed by atoms with E-state index in [1.165, 1.54) is 24.5 Å². The van der Waals surface area contributed by atoms with Gasteiger partial charge in [-0.2, -0.15) is 0 Å². The molecular formula is C26H31F2N. The first kappa shape index (κ1) is 21.4. The third kappa shape index (κ3) is 5.42. The molecule has 3 heteroatoms. The van der Waals surface area contributed by atoms with E-state index < -0.39 is 5.92 Å². The number of hydrogen-bond donors (Lipinski definition) is 0. The zero-order chi connectivity index (χ0) is 21.0. The number of rotatable bonds is 8. The van der Waals surface area contributed by atoms with E-state index in [-0.39, 0.29) is 5.56 Å². The minimum absolute atomic E-state index is 0.0739. The van der Waals surface area contributed by atoms with Crippen LogP contribution in [-0.2, 0) is 18.9 Å². The van der Waals surface area contributed by atoms with Gasteiger partial charge in [-0.25, -0.2) is 8.78 Å². The zero-order valence-electron chi connectivity index (χ0n) is 17.6. The van der Waals surface area contributed by atoms with Gasteiger partial charge in [0.05, 0.1) is 0 Å². The van der Waals surface area contributed by atoms with Crippen LogP contribution in [0.25, 0.3) is 5.57 Å². The normalized spacial score (nSPS) is 17.4. The summed E-state index contributed by atoms with van der Waals surface area (Å²) in [5, 5.41) is 0. The standard InChI is InChI=1S/C26H31F2N/c1-5-25-7-6-16-29(25)18-21-9-12-22(13-10-21)19(2)8-11-23-14-15-24(17-20(23)3)26(4,27)28/h5,9-10,12-15,17,25H,1-2,6-8,11,16,18H2,3-4H3. The van der Waals surface area contributed by atoms with Gasteiger partial charge < -0.3 is 0 Å². The minimum atomic E-state index is -2.80. The van der Waals surface area contributed by atoms with Crippen LogP contribution in [0, 0.1) is 6.92 Å². The Bertz CT molecular complexity index is 861. The average molecular weight is 396 g/mol. The van der Waals surface area contributed by atoms with Crippen molar-refractivity contribution in [2.75, 3.05) is 6.54 Å². The molecule has 0 amide bonds. The number of likely N-dealkylation sites (tertiary alicyclic amines) is 1. The lowest BCUT2D eigenvalue weighted by Crippen LogP contribution is -2.26. The Balaban J connectivity index is 1.58. The molecule has 1 nitrogen and oxygen atoms in total. The van der Waals surface area contributed by atoms with Crippen LogP contribution < -0.4 is 0 Å². The number of nitrogens with zero attached hydrogens (tertiary/aromatic N) is 1. The van der Waals surface area contributed by atoms with Crippen molar-refractivity contribution < 1.29 is 8.78 Å². The van der Waals surface area contributed by atoms with Gasteiger partial charge in [0.1, 0.15) is 0 Å². The van der Waals surface area contributed by atoms with Gasteiger partial charge in [-0.1, -0.05) is 49.1 Å². The molecule has 1 aliphatic rings. The smallest absolute Gasteiger partial charge is 0.270 e. The molecule has 154 valence electrons. The summed E-state index contributed by atoms with van der Waals surface area (Å²) in [5.74, 6) is -2.80. The molecule has 1 fully saturated rings. The van der Waals surface area contributed by atoms with Crippen molar-refractivity contribution in [3.8, 4) is 0 Å². The van der Waals surface area contributed by atoms with Crippen LogP contribution in [0.2, 0.25) is 0 Å². The van der Waals surface area contributed by atoms with E-state index in [9.17, 15) is 8.78 Å². The zero-order valence-corrected chi connectivity index (χ0v) is 17.6. The molecule has 1 aliphatic heterocycles. The van der Waals surface area contributed by atoms with Gasteiger partial charge in [0, 0.05) is 25.1 Å². The fourth-order valence-electron chi connectivity index (χ4n) is 4.07. The molecule has 1 unspecified atom stereocenters. The summed E-state index contributed by atoms with van der Waals surface area (Å²) in [4.78, 5) is 2.48. The number of hydrogen-bond acceptors (Lipinski definition) is 1. The first-order valence-corrected chi connectivity index (χ1v) is 10.4. The van der Waals surface area contributed by atoms with Crippen molar-refractivity contribution >= 4 is 5.57 Å². The Labute approximate surface area is 173 Å². The molecule has 29 heavy (non-hydrogen) atoms. The molecule has 0 aromatic heterocycles. The van der Waals surface area contributed by atoms with Gasteiger partial charge in [-0.05, 0) is 73.0 Å². The molecular weight excluding hydrogens is 364 g/mol. The number of allylic oxidation sites excluding steroid dienone is 1. The van der Waals surface area contributed by atoms with Crippen LogP contribution in [0.15, 0.2) is 61.7 Å². The van der Waals surface area contributed by atoms with Crippen molar-refractivity contribution in [3.63, 3.8) is 0 Å². The molecule has 3 rings (SSSR count). The quantitative estimate of drug-likeness (QED) is 0.439. The molecule has 0 aliphatic carbocycles. The predicted octanol–water partition coefficient (Wildman–Crippen LogP) is 6.90. The van der Waals surface area contributed by atoms with E-state index in [2.05, 4.69) is 48.4 Å². The number of aryl methyl sites for hydroxylation is 2. The van der Waals surface area contributed by atoms with E-state index in [1.807, 2.05) is 13.0 Å². The SMILES string of the molecule is C=CC1CCCN1Cc1ccc(C(=C)CCc2ccc(C(C)(F)F)cc2C)cc1. The highest BCUT2D eigenvalue weighted by Crippen LogP contribution is 2.29. The van der Waals surface area contributed by atoms with E-state index in [0.29, 0.717) is 6.04 Å². The van der Waals surface area contributed by atoms with Gasteiger partial charge in [0.25, 0.3) is 5.92 Å². The minimum Gasteiger partial charge on any atom is -0.293 e. The number of benzene rings is 2. The van der Waals surface area contributed by atoms with Gasteiger partial charge >= 0.3 is 0 Å². The third-order valence-electron chi connectivity index (χ3n) is 5.98. The van der Waals surface area contributed by atoms with E-state index in [0.717, 1.165) is 55.1 Å². The maximum atomic E-state index is 13.5. The summed E-state index contributed by atoms with van der Waals surface area (Å²) in [5.41, 5.74) is 5.61. The van der Waals surface area contributed by atoms with E-state index >= 15 is 0 Å². The molecule has 0 radical (unpaired) electrons. The van der Waals surface area contributed by atoms with Crippen molar-refractivity contribution in [1.29, 1.82) is 0 Å². The number of alkyl halides is 2. The molecule has 1 saturated heterocycles. The molecule has 2 aromatic rings. The molecule has 0 saturated carbocycles. The van der Waals surface area contributed by atoms with Crippen LogP contribution in [0.1, 0.15) is 54.0 Å². The highest BCUT2D eigenvalue weighted by atomic mass is 19.3. The van der Waals surface area contributed by atoms with Gasteiger partial charge in [0.2, 0.25) is 0 Å². The van der Waals surface area contributed by atoms with Crippen molar-refractivity contribution in [2.24, 2.45) is 0 Å². The Morgan fingerprint density at radius 2 is 1.93 bits per heavy atom. The molecule has 1 heterocycles. The van der Waals surface area contributed by atoms with Gasteiger partial charge in [-0.15, -0.1) is 6.58 Å². The van der Waals surface area contributed by atoms with Gasteiger partial charge in [-0.3, -0.25) is 4.90 Å². The molecule has 0 bridgehead atoms. The van der Waals surface area contributed by atoms with Gasteiger partial charge in [0.15, 0.2) is 0 Å². The van der Waals surface area contributed by atoms with Crippen molar-refractivity contribution in [2.45, 2.75) is 58.0 Å². The van der Waals surface area contributed by atoms with Crippen LogP contribution >= 0.6 is 0 Å². The number of halogens is 2. The molecule has 0 N–H and O–H groups in total. The second-order valence-electron chi connectivity index (χ2n) is 8.25. The summed E-state index contributed by atoms with van der Waals surface area (Å²) in [7, 11) is 0. The molecule has 0 spiro atoms. The first-order valence-electron chi connectivity index (χ1n) is 10.4. The Morgan fingerprint density at radius 3 is 2.55 bits per heavy atom. The first-order chi connectivity index (χ1) is 13.8. The third-order valence-corrected chi connectivity index (χ3v) is 5.98. The largest absolute Gasteiger partial charge is 0.293 e. The highest BCUT2D eigenvalue weighted by molar-refractivity contribution is 5.63. The lowest BCUT2D eigenvalue weighted by molar-refractivity contribution is 0.0174. The second-order valence-corrected chi connectivity index (χ2v) is 8.25. The van der Waals surface area contributed by atoms with Crippen LogP contribution in [-0.4, -0.2) is 17.5 Å². The highest BCUT2D eigenvalue weighted by Gasteiger charge is 2.24. The Kier molecular flexibility index (Phi) is 6.69. The summed E-state index contributed by atoms with van der Waals surface area (Å²) in [6.45, 7) is 13.1. The maximum Gasteiger partial charge on any atom is 0.270 e. The van der Waals surface area contributed by atoms with Crippen LogP contribution in [0.5, 0.6) is 0 Å². The van der Waals surface area contributed by atoms with E-state index in [1.54, 1.807) is 6.07 Å². The summed E-state index contributed by atoms with van der Waals surface area (Å²) < 4.78 is 27.0. The summed E-state index contributed by atoms with van der Waals surface area (Å²) in [6.07, 6.45) is 6.11. The maximum absolute atomic E-state index is 13.5. The lowest BCUT2D eigenvalue weighted by atomic mass is 9.95. The van der Waals surface area contributed by atoms with Crippen LogP contribution in [0.4, 0.5) is 8.78 Å². The topological polar surface area (TPSA) is 3.24 Å².